The average Bonchev–Trinajstić information content (AvgIpc) is 2.98. The van der Waals surface area contributed by atoms with Crippen molar-refractivity contribution in [1.82, 2.24) is 18.8 Å². The molecular weight excluding hydrogens is 496 g/mol. The van der Waals surface area contributed by atoms with Crippen LogP contribution in [0.3, 0.4) is 0 Å². The summed E-state index contributed by atoms with van der Waals surface area (Å²) in [5.41, 5.74) is 4.24. The van der Waals surface area contributed by atoms with Crippen LogP contribution in [0.2, 0.25) is 0 Å². The highest BCUT2D eigenvalue weighted by Crippen LogP contribution is 2.37. The minimum Gasteiger partial charge on any atom is -0.268 e. The smallest absolute Gasteiger partial charge is 0.264 e. The predicted molar refractivity (Wildman–Crippen MR) is 163 cm³/mol. The fraction of sp³-hybridized carbons (Fsp3) is 0.0588. The molecule has 4 heterocycles. The molecule has 0 spiro atoms. The van der Waals surface area contributed by atoms with E-state index in [1.54, 1.807) is 8.80 Å². The second-order valence-corrected chi connectivity index (χ2v) is 10.5. The van der Waals surface area contributed by atoms with Crippen LogP contribution in [0.25, 0.3) is 82.4 Å². The van der Waals surface area contributed by atoms with Gasteiger partial charge in [-0.15, -0.1) is 0 Å². The lowest BCUT2D eigenvalue weighted by Gasteiger charge is -2.17. The molecular formula is C34H20N4O2. The van der Waals surface area contributed by atoms with Crippen molar-refractivity contribution in [2.75, 3.05) is 0 Å². The summed E-state index contributed by atoms with van der Waals surface area (Å²) in [6.07, 6.45) is 2.04. The van der Waals surface area contributed by atoms with Crippen molar-refractivity contribution >= 4 is 82.4 Å². The molecule has 0 saturated carbocycles. The Balaban J connectivity index is 1.58. The second kappa shape index (κ2) is 7.18. The largest absolute Gasteiger partial charge is 0.268 e. The molecule has 40 heavy (non-hydrogen) atoms. The van der Waals surface area contributed by atoms with Crippen LogP contribution in [-0.4, -0.2) is 18.8 Å². The molecule has 4 aromatic heterocycles. The lowest BCUT2D eigenvalue weighted by atomic mass is 9.95. The molecule has 5 aromatic carbocycles. The summed E-state index contributed by atoms with van der Waals surface area (Å²) < 4.78 is 3.45. The fourth-order valence-corrected chi connectivity index (χ4v) is 6.86. The summed E-state index contributed by atoms with van der Waals surface area (Å²) in [4.78, 5) is 38.3. The van der Waals surface area contributed by atoms with Crippen LogP contribution in [0.15, 0.2) is 88.5 Å². The Morgan fingerprint density at radius 1 is 0.600 bits per heavy atom. The van der Waals surface area contributed by atoms with Crippen molar-refractivity contribution in [2.24, 2.45) is 0 Å². The van der Waals surface area contributed by atoms with Gasteiger partial charge in [0.1, 0.15) is 11.3 Å². The van der Waals surface area contributed by atoms with Gasteiger partial charge in [0.15, 0.2) is 0 Å². The van der Waals surface area contributed by atoms with Crippen LogP contribution in [0.5, 0.6) is 0 Å². The summed E-state index contributed by atoms with van der Waals surface area (Å²) in [5, 5.41) is 8.33. The average molecular weight is 517 g/mol. The molecule has 0 N–H and O–H groups in total. The number of hydrogen-bond donors (Lipinski definition) is 0. The predicted octanol–water partition coefficient (Wildman–Crippen LogP) is 5.89. The molecule has 6 heteroatoms. The number of hydrogen-bond acceptors (Lipinski definition) is 4. The molecule has 0 amide bonds. The van der Waals surface area contributed by atoms with Gasteiger partial charge in [-0.05, 0) is 66.9 Å². The molecule has 6 nitrogen and oxygen atoms in total. The maximum absolute atomic E-state index is 14.2. The van der Waals surface area contributed by atoms with E-state index in [4.69, 9.17) is 9.97 Å². The molecule has 0 saturated heterocycles. The van der Waals surface area contributed by atoms with E-state index >= 15 is 0 Å². The highest BCUT2D eigenvalue weighted by Gasteiger charge is 2.22. The van der Waals surface area contributed by atoms with Gasteiger partial charge in [0, 0.05) is 48.8 Å². The third-order valence-electron chi connectivity index (χ3n) is 8.57. The van der Waals surface area contributed by atoms with Gasteiger partial charge in [-0.1, -0.05) is 42.5 Å². The molecule has 9 rings (SSSR count). The summed E-state index contributed by atoms with van der Waals surface area (Å²) in [6, 6.07) is 25.6. The Kier molecular flexibility index (Phi) is 3.87. The zero-order valence-corrected chi connectivity index (χ0v) is 21.7. The zero-order chi connectivity index (χ0) is 26.9. The van der Waals surface area contributed by atoms with Crippen molar-refractivity contribution in [1.29, 1.82) is 0 Å². The number of pyridine rings is 2. The molecule has 9 aromatic rings. The van der Waals surface area contributed by atoms with Gasteiger partial charge in [0.05, 0.1) is 16.6 Å². The molecule has 0 aliphatic carbocycles. The second-order valence-electron chi connectivity index (χ2n) is 10.5. The Morgan fingerprint density at radius 3 is 1.82 bits per heavy atom. The van der Waals surface area contributed by atoms with Gasteiger partial charge in [-0.2, -0.15) is 0 Å². The first-order valence-corrected chi connectivity index (χ1v) is 13.3. The highest BCUT2D eigenvalue weighted by atomic mass is 16.1. The van der Waals surface area contributed by atoms with E-state index in [1.807, 2.05) is 98.8 Å². The van der Waals surface area contributed by atoms with Gasteiger partial charge < -0.3 is 0 Å². The first kappa shape index (κ1) is 21.6. The number of nitrogens with zero attached hydrogens (tertiary/aromatic N) is 4. The minimum atomic E-state index is -0.145. The van der Waals surface area contributed by atoms with Crippen LogP contribution in [0, 0.1) is 6.92 Å². The van der Waals surface area contributed by atoms with Gasteiger partial charge >= 0.3 is 0 Å². The van der Waals surface area contributed by atoms with Crippen molar-refractivity contribution in [2.45, 2.75) is 13.8 Å². The van der Waals surface area contributed by atoms with E-state index < -0.39 is 0 Å². The molecule has 0 unspecified atom stereocenters. The summed E-state index contributed by atoms with van der Waals surface area (Å²) in [7, 11) is 0. The van der Waals surface area contributed by atoms with E-state index in [9.17, 15) is 9.59 Å². The summed E-state index contributed by atoms with van der Waals surface area (Å²) in [6.45, 7) is 3.97. The van der Waals surface area contributed by atoms with E-state index in [0.29, 0.717) is 22.1 Å². The number of rotatable bonds is 0. The van der Waals surface area contributed by atoms with E-state index in [-0.39, 0.29) is 11.1 Å². The quantitative estimate of drug-likeness (QED) is 0.186. The first-order chi connectivity index (χ1) is 19.6. The summed E-state index contributed by atoms with van der Waals surface area (Å²) >= 11 is 0. The Labute approximate surface area is 225 Å². The standard InChI is InChI=1S/C34H20N4O2/c1-3-18-7-4-10-24-27(18)17(2)37-31(35-24)20-13-16-23-30-21(14-15-22(29(20)30)33(37)39)32-36-25-11-5-8-19-9-6-12-26(28(19)25)38(32)34(23)40/h3-16H,1-2H3/b18-3-. The normalized spacial score (nSPS) is 13.1. The first-order valence-electron chi connectivity index (χ1n) is 13.3. The fourth-order valence-electron chi connectivity index (χ4n) is 6.86. The molecule has 0 atom stereocenters. The monoisotopic (exact) mass is 516 g/mol. The lowest BCUT2D eigenvalue weighted by molar-refractivity contribution is 1.04. The maximum atomic E-state index is 14.2. The van der Waals surface area contributed by atoms with E-state index in [1.165, 1.54) is 0 Å². The highest BCUT2D eigenvalue weighted by molar-refractivity contribution is 6.27. The third-order valence-corrected chi connectivity index (χ3v) is 8.57. The van der Waals surface area contributed by atoms with E-state index in [2.05, 4.69) is 0 Å². The van der Waals surface area contributed by atoms with Crippen LogP contribution < -0.4 is 16.3 Å². The zero-order valence-electron chi connectivity index (χ0n) is 21.7. The van der Waals surface area contributed by atoms with Gasteiger partial charge in [0.25, 0.3) is 11.1 Å². The molecule has 0 aliphatic rings. The molecule has 188 valence electrons. The van der Waals surface area contributed by atoms with Crippen LogP contribution in [-0.2, 0) is 0 Å². The third kappa shape index (κ3) is 2.40. The molecule has 0 bridgehead atoms. The maximum Gasteiger partial charge on any atom is 0.264 e. The Bertz CT molecular complexity index is 2770. The number of aryl methyl sites for hydroxylation is 1. The number of aromatic nitrogens is 4. The van der Waals surface area contributed by atoms with Crippen LogP contribution >= 0.6 is 0 Å². The van der Waals surface area contributed by atoms with Crippen molar-refractivity contribution in [3.05, 3.63) is 110 Å². The lowest BCUT2D eigenvalue weighted by Crippen LogP contribution is -2.21. The SMILES string of the molecule is C/C=c1/cccc2nc3c4ccc5c(=O)n6c7cccc8cccc(nc6c6ccc(c(=O)n3c(C)c12)c4c56)c87. The summed E-state index contributed by atoms with van der Waals surface area (Å²) in [5.74, 6) is 0. The Morgan fingerprint density at radius 2 is 1.15 bits per heavy atom. The molecule has 0 fully saturated rings. The topological polar surface area (TPSA) is 68.7 Å². The number of benzene rings is 5. The van der Waals surface area contributed by atoms with Crippen LogP contribution in [0.1, 0.15) is 12.6 Å². The van der Waals surface area contributed by atoms with Crippen molar-refractivity contribution in [3.8, 4) is 0 Å². The van der Waals surface area contributed by atoms with Gasteiger partial charge in [-0.3, -0.25) is 18.4 Å². The van der Waals surface area contributed by atoms with Gasteiger partial charge in [0.2, 0.25) is 0 Å². The number of fused-ring (bicyclic) bond motifs is 6. The molecule has 0 aliphatic heterocycles. The van der Waals surface area contributed by atoms with E-state index in [0.717, 1.165) is 65.2 Å². The van der Waals surface area contributed by atoms with Crippen LogP contribution in [0.4, 0.5) is 0 Å². The minimum absolute atomic E-state index is 0.139. The van der Waals surface area contributed by atoms with Crippen molar-refractivity contribution < 1.29 is 0 Å². The molecule has 0 radical (unpaired) electrons. The Hall–Kier alpha value is -5.36. The van der Waals surface area contributed by atoms with Gasteiger partial charge in [-0.25, -0.2) is 9.97 Å². The van der Waals surface area contributed by atoms with Crippen molar-refractivity contribution in [3.63, 3.8) is 0 Å².